The molecule has 1 aromatic heterocycles. The molecule has 1 aromatic carbocycles. The monoisotopic (exact) mass is 314 g/mol. The van der Waals surface area contributed by atoms with Crippen molar-refractivity contribution in [3.8, 4) is 0 Å². The molecule has 2 aromatic rings. The van der Waals surface area contributed by atoms with Crippen molar-refractivity contribution in [1.29, 1.82) is 0 Å². The molecule has 3 nitrogen and oxygen atoms in total. The minimum absolute atomic E-state index is 0.103. The van der Waals surface area contributed by atoms with Gasteiger partial charge in [-0.1, -0.05) is 30.3 Å². The number of amides is 1. The largest absolute Gasteiger partial charge is 0.337 e. The van der Waals surface area contributed by atoms with Crippen LogP contribution in [0, 0.1) is 12.8 Å². The third kappa shape index (κ3) is 3.74. The highest BCUT2D eigenvalue weighted by Crippen LogP contribution is 2.23. The first-order chi connectivity index (χ1) is 10.7. The van der Waals surface area contributed by atoms with Crippen molar-refractivity contribution in [2.45, 2.75) is 32.6 Å². The Hall–Kier alpha value is -1.68. The molecule has 1 aliphatic heterocycles. The van der Waals surface area contributed by atoms with Gasteiger partial charge in [0.25, 0.3) is 5.91 Å². The summed E-state index contributed by atoms with van der Waals surface area (Å²) < 4.78 is 0. The predicted molar refractivity (Wildman–Crippen MR) is 90.2 cm³/mol. The number of nitrogens with zero attached hydrogens (tertiary/aromatic N) is 2. The highest BCUT2D eigenvalue weighted by Gasteiger charge is 2.24. The van der Waals surface area contributed by atoms with Gasteiger partial charge in [0, 0.05) is 18.5 Å². The van der Waals surface area contributed by atoms with Crippen molar-refractivity contribution >= 4 is 17.2 Å². The van der Waals surface area contributed by atoms with E-state index in [2.05, 4.69) is 35.3 Å². The van der Waals surface area contributed by atoms with Gasteiger partial charge in [0.05, 0.1) is 5.01 Å². The SMILES string of the molecule is Cc1nc(C(=O)N2CCC(CCc3ccccc3)CC2)cs1. The summed E-state index contributed by atoms with van der Waals surface area (Å²) in [6.45, 7) is 3.68. The van der Waals surface area contributed by atoms with Crippen LogP contribution in [-0.2, 0) is 6.42 Å². The van der Waals surface area contributed by atoms with Gasteiger partial charge in [-0.05, 0) is 44.1 Å². The molecule has 0 radical (unpaired) electrons. The van der Waals surface area contributed by atoms with E-state index >= 15 is 0 Å². The summed E-state index contributed by atoms with van der Waals surface area (Å²) in [5.74, 6) is 0.840. The molecule has 116 valence electrons. The van der Waals surface area contributed by atoms with Gasteiger partial charge in [0.15, 0.2) is 0 Å². The molecule has 4 heteroatoms. The molecule has 0 bridgehead atoms. The first-order valence-corrected chi connectivity index (χ1v) is 8.85. The zero-order valence-electron chi connectivity index (χ0n) is 13.0. The molecule has 1 saturated heterocycles. The predicted octanol–water partition coefficient (Wildman–Crippen LogP) is 3.94. The molecule has 1 aliphatic rings. The average Bonchev–Trinajstić information content (AvgIpc) is 3.00. The first-order valence-electron chi connectivity index (χ1n) is 7.97. The molecule has 0 unspecified atom stereocenters. The smallest absolute Gasteiger partial charge is 0.273 e. The minimum Gasteiger partial charge on any atom is -0.337 e. The van der Waals surface area contributed by atoms with Crippen LogP contribution in [0.3, 0.4) is 0 Å². The fourth-order valence-electron chi connectivity index (χ4n) is 3.06. The van der Waals surface area contributed by atoms with Crippen LogP contribution < -0.4 is 0 Å². The molecule has 0 spiro atoms. The number of carbonyl (C=O) groups is 1. The van der Waals surface area contributed by atoms with Gasteiger partial charge >= 0.3 is 0 Å². The molecule has 0 N–H and O–H groups in total. The van der Waals surface area contributed by atoms with E-state index in [1.807, 2.05) is 17.2 Å². The number of rotatable bonds is 4. The number of thiazole rings is 1. The Bertz CT molecular complexity index is 615. The van der Waals surface area contributed by atoms with Crippen LogP contribution in [0.4, 0.5) is 0 Å². The van der Waals surface area contributed by atoms with Crippen molar-refractivity contribution in [2.75, 3.05) is 13.1 Å². The standard InChI is InChI=1S/C18H22N2OS/c1-14-19-17(13-22-14)18(21)20-11-9-16(10-12-20)8-7-15-5-3-2-4-6-15/h2-6,13,16H,7-12H2,1H3. The molecule has 2 heterocycles. The second kappa shape index (κ2) is 7.05. The van der Waals surface area contributed by atoms with E-state index < -0.39 is 0 Å². The number of hydrogen-bond acceptors (Lipinski definition) is 3. The van der Waals surface area contributed by atoms with Crippen molar-refractivity contribution in [1.82, 2.24) is 9.88 Å². The molecule has 22 heavy (non-hydrogen) atoms. The van der Waals surface area contributed by atoms with Gasteiger partial charge in [-0.25, -0.2) is 4.98 Å². The van der Waals surface area contributed by atoms with E-state index in [4.69, 9.17) is 0 Å². The van der Waals surface area contributed by atoms with Crippen LogP contribution in [0.5, 0.6) is 0 Å². The molecular weight excluding hydrogens is 292 g/mol. The second-order valence-corrected chi connectivity index (χ2v) is 7.07. The molecular formula is C18H22N2OS. The fraction of sp³-hybridized carbons (Fsp3) is 0.444. The summed E-state index contributed by atoms with van der Waals surface area (Å²) in [5.41, 5.74) is 2.03. The van der Waals surface area contributed by atoms with E-state index in [9.17, 15) is 4.79 Å². The van der Waals surface area contributed by atoms with Gasteiger partial charge in [-0.15, -0.1) is 11.3 Å². The van der Waals surface area contributed by atoms with E-state index in [1.54, 1.807) is 11.3 Å². The summed E-state index contributed by atoms with van der Waals surface area (Å²) in [4.78, 5) is 18.6. The number of hydrogen-bond donors (Lipinski definition) is 0. The Labute approximate surface area is 136 Å². The summed E-state index contributed by atoms with van der Waals surface area (Å²) in [7, 11) is 0. The molecule has 0 atom stereocenters. The maximum Gasteiger partial charge on any atom is 0.273 e. The van der Waals surface area contributed by atoms with Crippen molar-refractivity contribution in [3.63, 3.8) is 0 Å². The third-order valence-electron chi connectivity index (χ3n) is 4.42. The van der Waals surface area contributed by atoms with Gasteiger partial charge < -0.3 is 4.90 Å². The average molecular weight is 314 g/mol. The van der Waals surface area contributed by atoms with Gasteiger partial charge in [-0.3, -0.25) is 4.79 Å². The van der Waals surface area contributed by atoms with E-state index in [1.165, 1.54) is 12.0 Å². The van der Waals surface area contributed by atoms with Crippen molar-refractivity contribution in [2.24, 2.45) is 5.92 Å². The van der Waals surface area contributed by atoms with Crippen LogP contribution in [-0.4, -0.2) is 28.9 Å². The van der Waals surface area contributed by atoms with Crippen molar-refractivity contribution < 1.29 is 4.79 Å². The highest BCUT2D eigenvalue weighted by atomic mass is 32.1. The lowest BCUT2D eigenvalue weighted by Crippen LogP contribution is -2.38. The van der Waals surface area contributed by atoms with Crippen LogP contribution in [0.15, 0.2) is 35.7 Å². The molecule has 3 rings (SSSR count). The maximum atomic E-state index is 12.4. The van der Waals surface area contributed by atoms with Crippen molar-refractivity contribution in [3.05, 3.63) is 52.0 Å². The number of aryl methyl sites for hydroxylation is 2. The number of likely N-dealkylation sites (tertiary alicyclic amines) is 1. The Kier molecular flexibility index (Phi) is 4.88. The molecule has 1 amide bonds. The zero-order valence-corrected chi connectivity index (χ0v) is 13.8. The lowest BCUT2D eigenvalue weighted by atomic mass is 9.90. The molecule has 1 fully saturated rings. The summed E-state index contributed by atoms with van der Waals surface area (Å²) >= 11 is 1.54. The molecule has 0 saturated carbocycles. The number of aromatic nitrogens is 1. The number of benzene rings is 1. The van der Waals surface area contributed by atoms with E-state index in [0.29, 0.717) is 5.69 Å². The summed E-state index contributed by atoms with van der Waals surface area (Å²) in [6.07, 6.45) is 4.59. The lowest BCUT2D eigenvalue weighted by Gasteiger charge is -2.31. The van der Waals surface area contributed by atoms with Crippen LogP contribution in [0.25, 0.3) is 0 Å². The van der Waals surface area contributed by atoms with Gasteiger partial charge in [0.1, 0.15) is 5.69 Å². The maximum absolute atomic E-state index is 12.4. The Balaban J connectivity index is 1.47. The Morgan fingerprint density at radius 2 is 2.00 bits per heavy atom. The minimum atomic E-state index is 0.103. The highest BCUT2D eigenvalue weighted by molar-refractivity contribution is 7.09. The summed E-state index contributed by atoms with van der Waals surface area (Å²) in [5, 5.41) is 2.83. The first kappa shape index (κ1) is 15.2. The van der Waals surface area contributed by atoms with E-state index in [0.717, 1.165) is 43.3 Å². The van der Waals surface area contributed by atoms with Gasteiger partial charge in [0.2, 0.25) is 0 Å². The third-order valence-corrected chi connectivity index (χ3v) is 5.20. The van der Waals surface area contributed by atoms with Crippen LogP contribution in [0.2, 0.25) is 0 Å². The lowest BCUT2D eigenvalue weighted by molar-refractivity contribution is 0.0681. The van der Waals surface area contributed by atoms with E-state index in [-0.39, 0.29) is 5.91 Å². The zero-order chi connectivity index (χ0) is 15.4. The number of carbonyl (C=O) groups excluding carboxylic acids is 1. The topological polar surface area (TPSA) is 33.2 Å². The normalized spacial score (nSPS) is 16.0. The second-order valence-electron chi connectivity index (χ2n) is 6.01. The van der Waals surface area contributed by atoms with Crippen LogP contribution in [0.1, 0.15) is 40.3 Å². The Morgan fingerprint density at radius 1 is 1.27 bits per heavy atom. The Morgan fingerprint density at radius 3 is 2.64 bits per heavy atom. The number of piperidine rings is 1. The quantitative estimate of drug-likeness (QED) is 0.856. The fourth-order valence-corrected chi connectivity index (χ4v) is 3.65. The van der Waals surface area contributed by atoms with Gasteiger partial charge in [-0.2, -0.15) is 0 Å². The van der Waals surface area contributed by atoms with Crippen LogP contribution >= 0.6 is 11.3 Å². The molecule has 0 aliphatic carbocycles. The summed E-state index contributed by atoms with van der Waals surface area (Å²) in [6, 6.07) is 10.7.